The van der Waals surface area contributed by atoms with Crippen LogP contribution in [0.25, 0.3) is 0 Å². The molecule has 0 amide bonds. The van der Waals surface area contributed by atoms with Crippen LogP contribution in [0, 0.1) is 0 Å². The van der Waals surface area contributed by atoms with Crippen LogP contribution < -0.4 is 10.1 Å². The van der Waals surface area contributed by atoms with Gasteiger partial charge in [0.1, 0.15) is 5.75 Å². The van der Waals surface area contributed by atoms with Gasteiger partial charge in [-0.15, -0.1) is 0 Å². The van der Waals surface area contributed by atoms with Crippen LogP contribution in [0.1, 0.15) is 30.9 Å². The Labute approximate surface area is 103 Å². The minimum Gasteiger partial charge on any atom is -0.497 e. The number of rotatable bonds is 5. The molecule has 0 aromatic heterocycles. The fourth-order valence-corrected chi connectivity index (χ4v) is 2.69. The highest BCUT2D eigenvalue weighted by atomic mass is 16.5. The first-order chi connectivity index (χ1) is 8.25. The Morgan fingerprint density at radius 2 is 2.06 bits per heavy atom. The van der Waals surface area contributed by atoms with Crippen LogP contribution in [0.4, 0.5) is 0 Å². The molecule has 1 unspecified atom stereocenters. The number of likely N-dealkylation sites (N-methyl/N-ethyl adjacent to an activating group) is 1. The molecule has 0 radical (unpaired) electrons. The van der Waals surface area contributed by atoms with Crippen molar-refractivity contribution in [3.63, 3.8) is 0 Å². The SMILES string of the molecule is CNC(c1cccc(OC)c1)C1(OC)CCC1. The van der Waals surface area contributed by atoms with Gasteiger partial charge in [-0.1, -0.05) is 12.1 Å². The van der Waals surface area contributed by atoms with E-state index in [9.17, 15) is 0 Å². The first kappa shape index (κ1) is 12.4. The largest absolute Gasteiger partial charge is 0.497 e. The highest BCUT2D eigenvalue weighted by Crippen LogP contribution is 2.45. The molecule has 17 heavy (non-hydrogen) atoms. The molecular formula is C14H21NO2. The fraction of sp³-hybridized carbons (Fsp3) is 0.571. The lowest BCUT2D eigenvalue weighted by atomic mass is 9.72. The van der Waals surface area contributed by atoms with Gasteiger partial charge in [-0.3, -0.25) is 0 Å². The van der Waals surface area contributed by atoms with Crippen molar-refractivity contribution in [3.05, 3.63) is 29.8 Å². The van der Waals surface area contributed by atoms with E-state index in [0.717, 1.165) is 18.6 Å². The number of hydrogen-bond donors (Lipinski definition) is 1. The molecule has 2 rings (SSSR count). The van der Waals surface area contributed by atoms with Crippen molar-refractivity contribution in [1.82, 2.24) is 5.32 Å². The summed E-state index contributed by atoms with van der Waals surface area (Å²) in [6.07, 6.45) is 3.48. The molecular weight excluding hydrogens is 214 g/mol. The van der Waals surface area contributed by atoms with E-state index in [1.54, 1.807) is 7.11 Å². The van der Waals surface area contributed by atoms with E-state index >= 15 is 0 Å². The number of nitrogens with one attached hydrogen (secondary N) is 1. The number of hydrogen-bond acceptors (Lipinski definition) is 3. The Morgan fingerprint density at radius 1 is 1.29 bits per heavy atom. The van der Waals surface area contributed by atoms with Crippen LogP contribution >= 0.6 is 0 Å². The molecule has 3 heteroatoms. The van der Waals surface area contributed by atoms with E-state index in [1.807, 2.05) is 26.3 Å². The van der Waals surface area contributed by atoms with Gasteiger partial charge in [0.25, 0.3) is 0 Å². The van der Waals surface area contributed by atoms with Crippen molar-refractivity contribution in [2.75, 3.05) is 21.3 Å². The standard InChI is InChI=1S/C14H21NO2/c1-15-13(14(17-3)8-5-9-14)11-6-4-7-12(10-11)16-2/h4,6-7,10,13,15H,5,8-9H2,1-3H3. The van der Waals surface area contributed by atoms with E-state index in [-0.39, 0.29) is 11.6 Å². The quantitative estimate of drug-likeness (QED) is 0.850. The first-order valence-electron chi connectivity index (χ1n) is 6.12. The average molecular weight is 235 g/mol. The molecule has 1 fully saturated rings. The molecule has 0 saturated heterocycles. The van der Waals surface area contributed by atoms with Crippen LogP contribution in [0.15, 0.2) is 24.3 Å². The minimum absolute atomic E-state index is 0.0406. The molecule has 1 saturated carbocycles. The maximum Gasteiger partial charge on any atom is 0.119 e. The second-order valence-electron chi connectivity index (χ2n) is 4.62. The lowest BCUT2D eigenvalue weighted by Gasteiger charge is -2.46. The Bertz CT molecular complexity index is 369. The van der Waals surface area contributed by atoms with Gasteiger partial charge >= 0.3 is 0 Å². The van der Waals surface area contributed by atoms with Crippen LogP contribution in [-0.4, -0.2) is 26.9 Å². The summed E-state index contributed by atoms with van der Waals surface area (Å²) in [5.74, 6) is 0.897. The Balaban J connectivity index is 2.28. The first-order valence-corrected chi connectivity index (χ1v) is 6.12. The van der Waals surface area contributed by atoms with Gasteiger partial charge in [-0.05, 0) is 44.0 Å². The zero-order chi connectivity index (χ0) is 12.3. The van der Waals surface area contributed by atoms with E-state index in [4.69, 9.17) is 9.47 Å². The van der Waals surface area contributed by atoms with E-state index in [2.05, 4.69) is 17.4 Å². The predicted molar refractivity (Wildman–Crippen MR) is 68.4 cm³/mol. The molecule has 1 atom stereocenters. The van der Waals surface area contributed by atoms with Gasteiger partial charge in [0.15, 0.2) is 0 Å². The average Bonchev–Trinajstić information content (AvgIpc) is 2.33. The highest BCUT2D eigenvalue weighted by molar-refractivity contribution is 5.32. The Morgan fingerprint density at radius 3 is 2.53 bits per heavy atom. The van der Waals surface area contributed by atoms with Crippen LogP contribution in [-0.2, 0) is 4.74 Å². The number of benzene rings is 1. The molecule has 3 nitrogen and oxygen atoms in total. The molecule has 1 aliphatic rings. The summed E-state index contributed by atoms with van der Waals surface area (Å²) >= 11 is 0. The van der Waals surface area contributed by atoms with Gasteiger partial charge in [0.05, 0.1) is 18.8 Å². The molecule has 0 spiro atoms. The fourth-order valence-electron chi connectivity index (χ4n) is 2.69. The van der Waals surface area contributed by atoms with E-state index < -0.39 is 0 Å². The Kier molecular flexibility index (Phi) is 3.69. The second kappa shape index (κ2) is 5.07. The van der Waals surface area contributed by atoms with Crippen molar-refractivity contribution >= 4 is 0 Å². The summed E-state index contributed by atoms with van der Waals surface area (Å²) in [5.41, 5.74) is 1.19. The topological polar surface area (TPSA) is 30.5 Å². The van der Waals surface area contributed by atoms with Crippen LogP contribution in [0.2, 0.25) is 0 Å². The lowest BCUT2D eigenvalue weighted by molar-refractivity contribution is -0.0983. The summed E-state index contributed by atoms with van der Waals surface area (Å²) in [6.45, 7) is 0. The van der Waals surface area contributed by atoms with Crippen molar-refractivity contribution in [3.8, 4) is 5.75 Å². The second-order valence-corrected chi connectivity index (χ2v) is 4.62. The summed E-state index contributed by atoms with van der Waals surface area (Å²) in [6, 6.07) is 8.44. The molecule has 0 bridgehead atoms. The lowest BCUT2D eigenvalue weighted by Crippen LogP contribution is -2.49. The Hall–Kier alpha value is -1.06. The predicted octanol–water partition coefficient (Wildman–Crippen LogP) is 2.52. The molecule has 0 heterocycles. The van der Waals surface area contributed by atoms with Crippen molar-refractivity contribution in [2.45, 2.75) is 30.9 Å². The van der Waals surface area contributed by atoms with Gasteiger partial charge in [0, 0.05) is 7.11 Å². The zero-order valence-electron chi connectivity index (χ0n) is 10.8. The summed E-state index contributed by atoms with van der Waals surface area (Å²) in [5, 5.41) is 3.38. The molecule has 0 aliphatic heterocycles. The van der Waals surface area contributed by atoms with Crippen LogP contribution in [0.5, 0.6) is 5.75 Å². The van der Waals surface area contributed by atoms with E-state index in [1.165, 1.54) is 12.0 Å². The monoisotopic (exact) mass is 235 g/mol. The molecule has 1 aromatic carbocycles. The third kappa shape index (κ3) is 2.17. The molecule has 1 aliphatic carbocycles. The van der Waals surface area contributed by atoms with Gasteiger partial charge in [-0.2, -0.15) is 0 Å². The third-order valence-electron chi connectivity index (χ3n) is 3.85. The molecule has 1 aromatic rings. The summed E-state index contributed by atoms with van der Waals surface area (Å²) in [7, 11) is 5.50. The van der Waals surface area contributed by atoms with E-state index in [0.29, 0.717) is 0 Å². The normalized spacial score (nSPS) is 19.5. The van der Waals surface area contributed by atoms with Crippen molar-refractivity contribution in [1.29, 1.82) is 0 Å². The molecule has 94 valence electrons. The van der Waals surface area contributed by atoms with Gasteiger partial charge in [0.2, 0.25) is 0 Å². The maximum absolute atomic E-state index is 5.75. The van der Waals surface area contributed by atoms with Crippen molar-refractivity contribution in [2.24, 2.45) is 0 Å². The third-order valence-corrected chi connectivity index (χ3v) is 3.85. The van der Waals surface area contributed by atoms with Gasteiger partial charge in [-0.25, -0.2) is 0 Å². The summed E-state index contributed by atoms with van der Waals surface area (Å²) < 4.78 is 11.0. The van der Waals surface area contributed by atoms with Crippen LogP contribution in [0.3, 0.4) is 0 Å². The smallest absolute Gasteiger partial charge is 0.119 e. The highest BCUT2D eigenvalue weighted by Gasteiger charge is 2.44. The number of ether oxygens (including phenoxy) is 2. The maximum atomic E-state index is 5.75. The molecule has 1 N–H and O–H groups in total. The minimum atomic E-state index is -0.0406. The van der Waals surface area contributed by atoms with Crippen molar-refractivity contribution < 1.29 is 9.47 Å². The number of methoxy groups -OCH3 is 2. The van der Waals surface area contributed by atoms with Gasteiger partial charge < -0.3 is 14.8 Å². The summed E-state index contributed by atoms with van der Waals surface area (Å²) in [4.78, 5) is 0. The zero-order valence-corrected chi connectivity index (χ0v) is 10.8.